The Bertz CT molecular complexity index is 537. The molecule has 0 aromatic heterocycles. The average molecular weight is 320 g/mol. The van der Waals surface area contributed by atoms with Gasteiger partial charge in [-0.15, -0.1) is 0 Å². The largest absolute Gasteiger partial charge is 0.497 e. The van der Waals surface area contributed by atoms with Crippen LogP contribution in [0.3, 0.4) is 0 Å². The predicted molar refractivity (Wildman–Crippen MR) is 87.0 cm³/mol. The van der Waals surface area contributed by atoms with Crippen LogP contribution >= 0.6 is 0 Å². The first kappa shape index (κ1) is 17.3. The van der Waals surface area contributed by atoms with E-state index < -0.39 is 0 Å². The molecule has 0 bridgehead atoms. The smallest absolute Gasteiger partial charge is 0.277 e. The summed E-state index contributed by atoms with van der Waals surface area (Å²) in [7, 11) is 3.46. The number of ether oxygens (including phenoxy) is 1. The summed E-state index contributed by atoms with van der Waals surface area (Å²) in [5, 5.41) is 0. The number of hydrogen-bond acceptors (Lipinski definition) is 3. The van der Waals surface area contributed by atoms with Crippen molar-refractivity contribution in [2.75, 3.05) is 33.8 Å². The summed E-state index contributed by atoms with van der Waals surface area (Å²) >= 11 is 0. The van der Waals surface area contributed by atoms with Gasteiger partial charge in [-0.25, -0.2) is 0 Å². The molecule has 0 unspecified atom stereocenters. The first-order valence-electron chi connectivity index (χ1n) is 7.99. The van der Waals surface area contributed by atoms with Gasteiger partial charge in [0.2, 0.25) is 5.91 Å². The fraction of sp³-hybridized carbons (Fsp3) is 0.529. The fourth-order valence-corrected chi connectivity index (χ4v) is 2.93. The number of likely N-dealkylation sites (tertiary alicyclic amines) is 1. The van der Waals surface area contributed by atoms with E-state index in [9.17, 15) is 9.59 Å². The molecule has 1 aromatic rings. The number of benzene rings is 1. The third kappa shape index (κ3) is 4.96. The Hall–Kier alpha value is -2.08. The second-order valence-electron chi connectivity index (χ2n) is 6.20. The number of methoxy groups -OCH3 is 1. The van der Waals surface area contributed by atoms with Gasteiger partial charge in [0, 0.05) is 32.4 Å². The molecule has 0 spiro atoms. The zero-order valence-corrected chi connectivity index (χ0v) is 13.9. The van der Waals surface area contributed by atoms with Crippen LogP contribution in [0.4, 0.5) is 0 Å². The van der Waals surface area contributed by atoms with Crippen LogP contribution in [0.1, 0.15) is 18.4 Å². The highest BCUT2D eigenvalue weighted by Gasteiger charge is 2.27. The van der Waals surface area contributed by atoms with E-state index >= 15 is 0 Å². The van der Waals surface area contributed by atoms with Crippen molar-refractivity contribution < 1.29 is 19.2 Å². The molecule has 0 saturated carbocycles. The van der Waals surface area contributed by atoms with E-state index in [-0.39, 0.29) is 17.7 Å². The molecule has 2 rings (SSSR count). The monoisotopic (exact) mass is 320 g/mol. The Kier molecular flexibility index (Phi) is 5.98. The van der Waals surface area contributed by atoms with Crippen LogP contribution in [0.15, 0.2) is 24.3 Å². The molecule has 0 radical (unpaired) electrons. The Morgan fingerprint density at radius 1 is 1.26 bits per heavy atom. The van der Waals surface area contributed by atoms with Crippen molar-refractivity contribution in [3.63, 3.8) is 0 Å². The molecular formula is C17H26N3O3+. The van der Waals surface area contributed by atoms with Crippen LogP contribution < -0.4 is 15.4 Å². The molecule has 1 heterocycles. The maximum absolute atomic E-state index is 12.3. The van der Waals surface area contributed by atoms with Gasteiger partial charge >= 0.3 is 0 Å². The number of quaternary nitrogens is 1. The van der Waals surface area contributed by atoms with Crippen molar-refractivity contribution in [1.29, 1.82) is 0 Å². The van der Waals surface area contributed by atoms with Crippen LogP contribution in [0.5, 0.6) is 5.75 Å². The molecule has 0 atom stereocenters. The lowest BCUT2D eigenvalue weighted by Crippen LogP contribution is -3.14. The number of primary amides is 1. The summed E-state index contributed by atoms with van der Waals surface area (Å²) in [5.41, 5.74) is 6.41. The number of nitrogens with two attached hydrogens (primary N) is 1. The third-order valence-corrected chi connectivity index (χ3v) is 4.50. The van der Waals surface area contributed by atoms with Gasteiger partial charge in [0.15, 0.2) is 6.54 Å². The molecule has 6 nitrogen and oxygen atoms in total. The molecule has 23 heavy (non-hydrogen) atoms. The van der Waals surface area contributed by atoms with Crippen LogP contribution in [-0.4, -0.2) is 50.5 Å². The molecule has 1 aliphatic rings. The number of amides is 2. The van der Waals surface area contributed by atoms with Crippen LogP contribution in [0, 0.1) is 5.92 Å². The van der Waals surface area contributed by atoms with Crippen molar-refractivity contribution in [2.45, 2.75) is 19.4 Å². The molecular weight excluding hydrogens is 294 g/mol. The van der Waals surface area contributed by atoms with E-state index in [4.69, 9.17) is 10.5 Å². The summed E-state index contributed by atoms with van der Waals surface area (Å²) in [5.74, 6) is 0.690. The summed E-state index contributed by atoms with van der Waals surface area (Å²) < 4.78 is 5.13. The van der Waals surface area contributed by atoms with Gasteiger partial charge in [-0.05, 0) is 17.7 Å². The van der Waals surface area contributed by atoms with Gasteiger partial charge in [-0.1, -0.05) is 12.1 Å². The van der Waals surface area contributed by atoms with E-state index in [0.29, 0.717) is 13.1 Å². The number of nitrogens with zero attached hydrogens (tertiary/aromatic N) is 1. The van der Waals surface area contributed by atoms with Gasteiger partial charge in [-0.2, -0.15) is 0 Å². The average Bonchev–Trinajstić information content (AvgIpc) is 2.56. The van der Waals surface area contributed by atoms with E-state index in [2.05, 4.69) is 0 Å². The molecule has 1 fully saturated rings. The number of hydrogen-bond donors (Lipinski definition) is 2. The van der Waals surface area contributed by atoms with Gasteiger partial charge in [0.05, 0.1) is 20.2 Å². The zero-order chi connectivity index (χ0) is 16.8. The summed E-state index contributed by atoms with van der Waals surface area (Å²) in [6, 6.07) is 7.72. The lowest BCUT2D eigenvalue weighted by molar-refractivity contribution is -0.898. The minimum absolute atomic E-state index is 0.0223. The predicted octanol–water partition coefficient (Wildman–Crippen LogP) is -0.566. The van der Waals surface area contributed by atoms with Gasteiger partial charge in [0.25, 0.3) is 5.91 Å². The number of rotatable bonds is 6. The van der Waals surface area contributed by atoms with Crippen LogP contribution in [0.25, 0.3) is 0 Å². The molecule has 6 heteroatoms. The zero-order valence-electron chi connectivity index (χ0n) is 13.9. The minimum Gasteiger partial charge on any atom is -0.497 e. The molecule has 1 aliphatic heterocycles. The maximum atomic E-state index is 12.3. The van der Waals surface area contributed by atoms with Gasteiger partial charge in [0.1, 0.15) is 5.75 Å². The number of nitrogens with one attached hydrogen (secondary N) is 1. The number of piperidine rings is 1. The van der Waals surface area contributed by atoms with Gasteiger partial charge in [-0.3, -0.25) is 9.59 Å². The number of carbonyl (C=O) groups excluding carboxylic acids is 2. The molecule has 1 aromatic carbocycles. The Morgan fingerprint density at radius 2 is 1.87 bits per heavy atom. The first-order chi connectivity index (χ1) is 11.0. The summed E-state index contributed by atoms with van der Waals surface area (Å²) in [4.78, 5) is 26.5. The molecule has 0 aliphatic carbocycles. The van der Waals surface area contributed by atoms with Crippen molar-refractivity contribution in [1.82, 2.24) is 4.90 Å². The highest BCUT2D eigenvalue weighted by atomic mass is 16.5. The summed E-state index contributed by atoms with van der Waals surface area (Å²) in [6.45, 7) is 2.71. The lowest BCUT2D eigenvalue weighted by Gasteiger charge is -2.28. The van der Waals surface area contributed by atoms with Crippen LogP contribution in [0.2, 0.25) is 0 Å². The van der Waals surface area contributed by atoms with Crippen molar-refractivity contribution in [3.8, 4) is 5.75 Å². The maximum Gasteiger partial charge on any atom is 0.277 e. The van der Waals surface area contributed by atoms with E-state index in [1.54, 1.807) is 12.0 Å². The standard InChI is InChI=1S/C17H25N3O3/c1-19(11-13-3-5-15(23-2)6-4-13)16(21)12-20-9-7-14(8-10-20)17(18)22/h3-6,14H,7-12H2,1-2H3,(H2,18,22)/p+1. The second-order valence-corrected chi connectivity index (χ2v) is 6.20. The van der Waals surface area contributed by atoms with Crippen molar-refractivity contribution >= 4 is 11.8 Å². The molecule has 1 saturated heterocycles. The van der Waals surface area contributed by atoms with Gasteiger partial charge < -0.3 is 20.3 Å². The van der Waals surface area contributed by atoms with E-state index in [0.717, 1.165) is 37.2 Å². The van der Waals surface area contributed by atoms with Crippen molar-refractivity contribution in [3.05, 3.63) is 29.8 Å². The highest BCUT2D eigenvalue weighted by Crippen LogP contribution is 2.12. The van der Waals surface area contributed by atoms with E-state index in [1.165, 1.54) is 4.90 Å². The normalized spacial score (nSPS) is 20.8. The Labute approximate surface area is 137 Å². The molecule has 3 N–H and O–H groups in total. The first-order valence-corrected chi connectivity index (χ1v) is 7.99. The summed E-state index contributed by atoms with van der Waals surface area (Å²) in [6.07, 6.45) is 1.56. The van der Waals surface area contributed by atoms with E-state index in [1.807, 2.05) is 31.3 Å². The number of carbonyl (C=O) groups is 2. The quantitative estimate of drug-likeness (QED) is 0.737. The Balaban J connectivity index is 1.79. The lowest BCUT2D eigenvalue weighted by atomic mass is 9.96. The highest BCUT2D eigenvalue weighted by molar-refractivity contribution is 5.77. The number of likely N-dealkylation sites (N-methyl/N-ethyl adjacent to an activating group) is 1. The second kappa shape index (κ2) is 7.97. The molecule has 2 amide bonds. The fourth-order valence-electron chi connectivity index (χ4n) is 2.93. The minimum atomic E-state index is -0.216. The van der Waals surface area contributed by atoms with Crippen molar-refractivity contribution in [2.24, 2.45) is 11.7 Å². The Morgan fingerprint density at radius 3 is 2.39 bits per heavy atom. The topological polar surface area (TPSA) is 77.1 Å². The molecule has 126 valence electrons. The third-order valence-electron chi connectivity index (χ3n) is 4.50. The SMILES string of the molecule is COc1ccc(CN(C)C(=O)C[NH+]2CCC(C(N)=O)CC2)cc1. The van der Waals surface area contributed by atoms with Crippen LogP contribution in [-0.2, 0) is 16.1 Å².